The maximum absolute atomic E-state index is 12.7. The number of rotatable bonds is 3. The molecule has 1 rings (SSSR count). The van der Waals surface area contributed by atoms with Gasteiger partial charge < -0.3 is 5.73 Å². The van der Waals surface area contributed by atoms with E-state index >= 15 is 0 Å². The summed E-state index contributed by atoms with van der Waals surface area (Å²) in [7, 11) is 0.219. The van der Waals surface area contributed by atoms with Crippen LogP contribution in [0.5, 0.6) is 0 Å². The number of alkyl halides is 5. The lowest BCUT2D eigenvalue weighted by molar-refractivity contribution is -0.141. The van der Waals surface area contributed by atoms with E-state index in [2.05, 4.69) is 4.98 Å². The van der Waals surface area contributed by atoms with Gasteiger partial charge in [-0.2, -0.15) is 13.2 Å². The highest BCUT2D eigenvalue weighted by molar-refractivity contribution is 8.13. The van der Waals surface area contributed by atoms with Crippen LogP contribution < -0.4 is 5.73 Å². The van der Waals surface area contributed by atoms with Crippen LogP contribution in [-0.2, 0) is 21.8 Å². The normalized spacial score (nSPS) is 13.1. The lowest BCUT2D eigenvalue weighted by Crippen LogP contribution is -2.17. The highest BCUT2D eigenvalue weighted by atomic mass is 35.7. The molecular weight excluding hydrogens is 319 g/mol. The second-order valence-electron chi connectivity index (χ2n) is 3.31. The van der Waals surface area contributed by atoms with Gasteiger partial charge in [-0.3, -0.25) is 0 Å². The fraction of sp³-hybridized carbons (Fsp3) is 0.375. The molecule has 11 heteroatoms. The van der Waals surface area contributed by atoms with Crippen molar-refractivity contribution < 1.29 is 30.4 Å². The van der Waals surface area contributed by atoms with Crippen LogP contribution in [0, 0.1) is 0 Å². The Hall–Kier alpha value is -1.00. The Morgan fingerprint density at radius 1 is 1.37 bits per heavy atom. The lowest BCUT2D eigenvalue weighted by atomic mass is 10.2. The molecule has 108 valence electrons. The number of nitrogens with two attached hydrogens (primary N) is 1. The maximum Gasteiger partial charge on any atom is 0.433 e. The van der Waals surface area contributed by atoms with Crippen LogP contribution in [0.4, 0.5) is 22.0 Å². The minimum atomic E-state index is -5.01. The first kappa shape index (κ1) is 16.1. The van der Waals surface area contributed by atoms with Crippen molar-refractivity contribution in [2.24, 2.45) is 5.73 Å². The van der Waals surface area contributed by atoms with Crippen molar-refractivity contribution in [3.63, 3.8) is 0 Å². The Balaban J connectivity index is 3.74. The molecule has 1 aromatic rings. The van der Waals surface area contributed by atoms with Gasteiger partial charge in [0.1, 0.15) is 10.6 Å². The van der Waals surface area contributed by atoms with Crippen LogP contribution in [0.15, 0.2) is 11.0 Å². The summed E-state index contributed by atoms with van der Waals surface area (Å²) < 4.78 is 85.0. The second-order valence-corrected chi connectivity index (χ2v) is 5.82. The van der Waals surface area contributed by atoms with E-state index in [1.165, 1.54) is 0 Å². The van der Waals surface area contributed by atoms with Gasteiger partial charge in [0.25, 0.3) is 15.5 Å². The zero-order valence-electron chi connectivity index (χ0n) is 8.88. The molecule has 0 atom stereocenters. The fourth-order valence-corrected chi connectivity index (χ4v) is 2.71. The fourth-order valence-electron chi connectivity index (χ4n) is 1.34. The molecule has 0 saturated heterocycles. The second kappa shape index (κ2) is 5.17. The van der Waals surface area contributed by atoms with E-state index < -0.39 is 50.0 Å². The summed E-state index contributed by atoms with van der Waals surface area (Å²) in [5.74, 6) is 0. The van der Waals surface area contributed by atoms with Gasteiger partial charge in [-0.05, 0) is 6.07 Å². The predicted octanol–water partition coefficient (Wildman–Crippen LogP) is 2.42. The van der Waals surface area contributed by atoms with Crippen LogP contribution in [0.2, 0.25) is 0 Å². The van der Waals surface area contributed by atoms with Gasteiger partial charge in [0.2, 0.25) is 0 Å². The van der Waals surface area contributed by atoms with E-state index in [0.717, 1.165) is 0 Å². The molecule has 0 bridgehead atoms. The van der Waals surface area contributed by atoms with Crippen LogP contribution in [-0.4, -0.2) is 13.4 Å². The summed E-state index contributed by atoms with van der Waals surface area (Å²) in [5, 5.41) is 0. The first-order valence-corrected chi connectivity index (χ1v) is 6.83. The third-order valence-electron chi connectivity index (χ3n) is 2.03. The lowest BCUT2D eigenvalue weighted by Gasteiger charge is -2.14. The van der Waals surface area contributed by atoms with E-state index in [-0.39, 0.29) is 6.07 Å². The van der Waals surface area contributed by atoms with Crippen molar-refractivity contribution in [2.45, 2.75) is 24.0 Å². The van der Waals surface area contributed by atoms with E-state index in [9.17, 15) is 30.4 Å². The molecule has 19 heavy (non-hydrogen) atoms. The molecule has 4 nitrogen and oxygen atoms in total. The molecular formula is C8H6ClF5N2O2S. The van der Waals surface area contributed by atoms with Gasteiger partial charge in [0, 0.05) is 22.8 Å². The molecule has 0 fully saturated rings. The third kappa shape index (κ3) is 3.51. The first-order chi connectivity index (χ1) is 8.48. The maximum atomic E-state index is 12.7. The quantitative estimate of drug-likeness (QED) is 0.684. The Kier molecular flexibility index (Phi) is 4.37. The molecule has 0 saturated carbocycles. The molecule has 0 aliphatic rings. The highest BCUT2D eigenvalue weighted by Crippen LogP contribution is 2.36. The minimum absolute atomic E-state index is 0.0565. The van der Waals surface area contributed by atoms with Crippen LogP contribution >= 0.6 is 10.7 Å². The van der Waals surface area contributed by atoms with E-state index in [0.29, 0.717) is 0 Å². The molecule has 2 N–H and O–H groups in total. The predicted molar refractivity (Wildman–Crippen MR) is 55.1 cm³/mol. The topological polar surface area (TPSA) is 73.0 Å². The molecule has 0 amide bonds. The van der Waals surface area contributed by atoms with E-state index in [4.69, 9.17) is 16.4 Å². The first-order valence-electron chi connectivity index (χ1n) is 4.52. The molecule has 1 aromatic heterocycles. The number of aromatic nitrogens is 1. The van der Waals surface area contributed by atoms with Crippen molar-refractivity contribution in [1.29, 1.82) is 0 Å². The SMILES string of the molecule is NCc1nc(C(F)(F)F)cc(C(F)F)c1S(=O)(=O)Cl. The monoisotopic (exact) mass is 324 g/mol. The molecule has 0 aliphatic carbocycles. The molecule has 0 aliphatic heterocycles. The third-order valence-corrected chi connectivity index (χ3v) is 3.46. The van der Waals surface area contributed by atoms with Crippen molar-refractivity contribution in [3.8, 4) is 0 Å². The Labute approximate surface area is 108 Å². The highest BCUT2D eigenvalue weighted by Gasteiger charge is 2.37. The average molecular weight is 325 g/mol. The standard InChI is InChI=1S/C8H6ClF5N2O2S/c9-19(17,18)6-3(7(10)11)1-5(8(12,13)14)16-4(6)2-15/h1,7H,2,15H2. The summed E-state index contributed by atoms with van der Waals surface area (Å²) in [4.78, 5) is 1.74. The summed E-state index contributed by atoms with van der Waals surface area (Å²) in [6.45, 7) is -0.787. The average Bonchev–Trinajstić information content (AvgIpc) is 2.24. The summed E-state index contributed by atoms with van der Waals surface area (Å²) in [5.41, 5.74) is 1.13. The van der Waals surface area contributed by atoms with Crippen LogP contribution in [0.3, 0.4) is 0 Å². The smallest absolute Gasteiger partial charge is 0.325 e. The van der Waals surface area contributed by atoms with E-state index in [1.807, 2.05) is 0 Å². The Morgan fingerprint density at radius 2 is 1.89 bits per heavy atom. The van der Waals surface area contributed by atoms with Crippen molar-refractivity contribution in [2.75, 3.05) is 0 Å². The summed E-state index contributed by atoms with van der Waals surface area (Å²) in [6.07, 6.45) is -8.49. The molecule has 0 spiro atoms. The van der Waals surface area contributed by atoms with Gasteiger partial charge >= 0.3 is 6.18 Å². The number of nitrogens with zero attached hydrogens (tertiary/aromatic N) is 1. The van der Waals surface area contributed by atoms with Crippen molar-refractivity contribution >= 4 is 19.7 Å². The van der Waals surface area contributed by atoms with Crippen LogP contribution in [0.1, 0.15) is 23.4 Å². The van der Waals surface area contributed by atoms with E-state index in [1.54, 1.807) is 0 Å². The zero-order valence-corrected chi connectivity index (χ0v) is 10.5. The number of pyridine rings is 1. The number of hydrogen-bond acceptors (Lipinski definition) is 4. The molecule has 1 heterocycles. The van der Waals surface area contributed by atoms with Gasteiger partial charge in [-0.15, -0.1) is 0 Å². The summed E-state index contributed by atoms with van der Waals surface area (Å²) >= 11 is 0. The minimum Gasteiger partial charge on any atom is -0.325 e. The molecule has 0 aromatic carbocycles. The summed E-state index contributed by atoms with van der Waals surface area (Å²) in [6, 6.07) is -0.0565. The van der Waals surface area contributed by atoms with Crippen molar-refractivity contribution in [3.05, 3.63) is 23.0 Å². The zero-order chi connectivity index (χ0) is 15.0. The largest absolute Gasteiger partial charge is 0.433 e. The van der Waals surface area contributed by atoms with Gasteiger partial charge in [0.15, 0.2) is 0 Å². The van der Waals surface area contributed by atoms with Crippen LogP contribution in [0.25, 0.3) is 0 Å². The Morgan fingerprint density at radius 3 is 2.21 bits per heavy atom. The van der Waals surface area contributed by atoms with Gasteiger partial charge in [0.05, 0.1) is 5.69 Å². The Bertz CT molecular complexity index is 588. The number of halogens is 6. The molecule has 0 radical (unpaired) electrons. The number of hydrogen-bond donors (Lipinski definition) is 1. The van der Waals surface area contributed by atoms with Crippen molar-refractivity contribution in [1.82, 2.24) is 4.98 Å². The van der Waals surface area contributed by atoms with Gasteiger partial charge in [-0.1, -0.05) is 0 Å². The van der Waals surface area contributed by atoms with Gasteiger partial charge in [-0.25, -0.2) is 22.2 Å². The molecule has 0 unspecified atom stereocenters.